The zero-order valence-electron chi connectivity index (χ0n) is 16.2. The third kappa shape index (κ3) is 4.10. The van der Waals surface area contributed by atoms with E-state index in [-0.39, 0.29) is 25.0 Å². The number of hydrogen-bond donors (Lipinski definition) is 1. The average Bonchev–Trinajstić information content (AvgIpc) is 2.74. The zero-order valence-corrected chi connectivity index (χ0v) is 16.2. The highest BCUT2D eigenvalue weighted by molar-refractivity contribution is 6.05. The number of benzene rings is 1. The lowest BCUT2D eigenvalue weighted by atomic mass is 9.92. The Hall–Kier alpha value is -2.89. The van der Waals surface area contributed by atoms with Crippen LogP contribution in [0.25, 0.3) is 0 Å². The fourth-order valence-electron chi connectivity index (χ4n) is 2.95. The van der Waals surface area contributed by atoms with Gasteiger partial charge in [0.2, 0.25) is 5.91 Å². The number of aromatic nitrogens is 1. The summed E-state index contributed by atoms with van der Waals surface area (Å²) in [4.78, 5) is 31.0. The first kappa shape index (κ1) is 18.9. The van der Waals surface area contributed by atoms with Gasteiger partial charge in [0.15, 0.2) is 6.61 Å². The predicted molar refractivity (Wildman–Crippen MR) is 105 cm³/mol. The summed E-state index contributed by atoms with van der Waals surface area (Å²) in [6.45, 7) is 8.02. The van der Waals surface area contributed by atoms with E-state index >= 15 is 0 Å². The van der Waals surface area contributed by atoms with Gasteiger partial charge in [0.25, 0.3) is 5.91 Å². The van der Waals surface area contributed by atoms with Crippen LogP contribution in [0.1, 0.15) is 39.2 Å². The van der Waals surface area contributed by atoms with E-state index in [1.54, 1.807) is 23.4 Å². The SMILES string of the molecule is CC(C)c1ccc(OCC(=O)N2CC(C)(C)C(=O)Nc3ccncc32)cc1. The molecule has 1 aromatic heterocycles. The van der Waals surface area contributed by atoms with Gasteiger partial charge in [-0.05, 0) is 43.5 Å². The molecular formula is C21H25N3O3. The Morgan fingerprint density at radius 3 is 2.63 bits per heavy atom. The monoisotopic (exact) mass is 367 g/mol. The summed E-state index contributed by atoms with van der Waals surface area (Å²) in [5, 5.41) is 2.87. The second-order valence-corrected chi connectivity index (χ2v) is 7.72. The molecule has 0 atom stereocenters. The molecule has 0 saturated heterocycles. The van der Waals surface area contributed by atoms with Gasteiger partial charge in [-0.2, -0.15) is 0 Å². The zero-order chi connectivity index (χ0) is 19.6. The van der Waals surface area contributed by atoms with Crippen LogP contribution >= 0.6 is 0 Å². The van der Waals surface area contributed by atoms with E-state index in [9.17, 15) is 9.59 Å². The van der Waals surface area contributed by atoms with Gasteiger partial charge in [0.1, 0.15) is 5.75 Å². The number of carbonyl (C=O) groups excluding carboxylic acids is 2. The molecule has 0 saturated carbocycles. The maximum atomic E-state index is 12.9. The first-order valence-electron chi connectivity index (χ1n) is 9.06. The Morgan fingerprint density at radius 2 is 1.96 bits per heavy atom. The minimum atomic E-state index is -0.729. The number of hydrogen-bond acceptors (Lipinski definition) is 4. The first-order valence-corrected chi connectivity index (χ1v) is 9.06. The van der Waals surface area contributed by atoms with Crippen LogP contribution in [0.3, 0.4) is 0 Å². The van der Waals surface area contributed by atoms with E-state index in [0.29, 0.717) is 23.0 Å². The molecule has 0 bridgehead atoms. The number of fused-ring (bicyclic) bond motifs is 1. The molecule has 2 heterocycles. The third-order valence-corrected chi connectivity index (χ3v) is 4.72. The van der Waals surface area contributed by atoms with Gasteiger partial charge < -0.3 is 15.0 Å². The lowest BCUT2D eigenvalue weighted by Crippen LogP contribution is -2.43. The fourth-order valence-corrected chi connectivity index (χ4v) is 2.95. The highest BCUT2D eigenvalue weighted by atomic mass is 16.5. The van der Waals surface area contributed by atoms with E-state index in [1.165, 1.54) is 5.56 Å². The van der Waals surface area contributed by atoms with Crippen LogP contribution in [0, 0.1) is 5.41 Å². The minimum Gasteiger partial charge on any atom is -0.484 e. The highest BCUT2D eigenvalue weighted by Gasteiger charge is 2.37. The van der Waals surface area contributed by atoms with Gasteiger partial charge in [-0.3, -0.25) is 14.6 Å². The van der Waals surface area contributed by atoms with E-state index < -0.39 is 5.41 Å². The van der Waals surface area contributed by atoms with Gasteiger partial charge >= 0.3 is 0 Å². The van der Waals surface area contributed by atoms with E-state index in [0.717, 1.165) is 0 Å². The van der Waals surface area contributed by atoms with Crippen molar-refractivity contribution >= 4 is 23.2 Å². The van der Waals surface area contributed by atoms with Crippen molar-refractivity contribution in [3.63, 3.8) is 0 Å². The fraction of sp³-hybridized carbons (Fsp3) is 0.381. The molecule has 6 nitrogen and oxygen atoms in total. The van der Waals surface area contributed by atoms with Crippen molar-refractivity contribution in [2.75, 3.05) is 23.4 Å². The van der Waals surface area contributed by atoms with Crippen molar-refractivity contribution in [2.24, 2.45) is 5.41 Å². The van der Waals surface area contributed by atoms with Crippen LogP contribution < -0.4 is 15.0 Å². The quantitative estimate of drug-likeness (QED) is 0.896. The van der Waals surface area contributed by atoms with Crippen molar-refractivity contribution in [2.45, 2.75) is 33.6 Å². The van der Waals surface area contributed by atoms with Crippen molar-refractivity contribution in [1.29, 1.82) is 0 Å². The smallest absolute Gasteiger partial charge is 0.265 e. The Bertz CT molecular complexity index is 844. The van der Waals surface area contributed by atoms with E-state index in [4.69, 9.17) is 4.74 Å². The summed E-state index contributed by atoms with van der Waals surface area (Å²) in [5.41, 5.74) is 1.65. The predicted octanol–water partition coefficient (Wildman–Crippen LogP) is 3.60. The van der Waals surface area contributed by atoms with Gasteiger partial charge in [-0.15, -0.1) is 0 Å². The molecule has 27 heavy (non-hydrogen) atoms. The number of rotatable bonds is 4. The highest BCUT2D eigenvalue weighted by Crippen LogP contribution is 2.33. The number of pyridine rings is 1. The van der Waals surface area contributed by atoms with E-state index in [1.807, 2.05) is 38.1 Å². The van der Waals surface area contributed by atoms with Gasteiger partial charge in [-0.1, -0.05) is 26.0 Å². The third-order valence-electron chi connectivity index (χ3n) is 4.72. The lowest BCUT2D eigenvalue weighted by molar-refractivity contribution is -0.124. The number of nitrogens with zero attached hydrogens (tertiary/aromatic N) is 2. The Morgan fingerprint density at radius 1 is 1.26 bits per heavy atom. The molecule has 2 amide bonds. The number of carbonyl (C=O) groups is 2. The van der Waals surface area contributed by atoms with Gasteiger partial charge in [0, 0.05) is 12.7 Å². The molecule has 6 heteroatoms. The van der Waals surface area contributed by atoms with Crippen molar-refractivity contribution < 1.29 is 14.3 Å². The molecule has 3 rings (SSSR count). The average molecular weight is 367 g/mol. The molecule has 0 unspecified atom stereocenters. The summed E-state index contributed by atoms with van der Waals surface area (Å²) >= 11 is 0. The van der Waals surface area contributed by atoms with Crippen LogP contribution in [0.5, 0.6) is 5.75 Å². The molecule has 142 valence electrons. The maximum absolute atomic E-state index is 12.9. The summed E-state index contributed by atoms with van der Waals surface area (Å²) in [6, 6.07) is 9.44. The summed E-state index contributed by atoms with van der Waals surface area (Å²) in [6.07, 6.45) is 3.18. The van der Waals surface area contributed by atoms with Crippen molar-refractivity contribution in [3.8, 4) is 5.75 Å². The molecule has 1 aliphatic heterocycles. The molecule has 1 aliphatic rings. The molecule has 1 N–H and O–H groups in total. The van der Waals surface area contributed by atoms with Crippen LogP contribution in [0.2, 0.25) is 0 Å². The molecule has 0 radical (unpaired) electrons. The van der Waals surface area contributed by atoms with Gasteiger partial charge in [-0.25, -0.2) is 0 Å². The van der Waals surface area contributed by atoms with Crippen LogP contribution in [0.4, 0.5) is 11.4 Å². The van der Waals surface area contributed by atoms with Gasteiger partial charge in [0.05, 0.1) is 23.0 Å². The summed E-state index contributed by atoms with van der Waals surface area (Å²) in [7, 11) is 0. The topological polar surface area (TPSA) is 71.5 Å². The van der Waals surface area contributed by atoms with Crippen LogP contribution in [-0.4, -0.2) is 29.9 Å². The number of anilines is 2. The molecule has 1 aromatic carbocycles. The largest absolute Gasteiger partial charge is 0.484 e. The van der Waals surface area contributed by atoms with Crippen molar-refractivity contribution in [3.05, 3.63) is 48.3 Å². The summed E-state index contributed by atoms with van der Waals surface area (Å²) < 4.78 is 5.69. The molecular weight excluding hydrogens is 342 g/mol. The standard InChI is InChI=1S/C21H25N3O3/c1-14(2)15-5-7-16(8-6-15)27-12-19(25)24-13-21(3,4)20(26)23-17-9-10-22-11-18(17)24/h5-11,14H,12-13H2,1-4H3,(H,23,26). The van der Waals surface area contributed by atoms with Crippen LogP contribution in [-0.2, 0) is 9.59 Å². The Kier molecular flexibility index (Phi) is 5.17. The number of amides is 2. The van der Waals surface area contributed by atoms with E-state index in [2.05, 4.69) is 24.1 Å². The lowest BCUT2D eigenvalue weighted by Gasteiger charge is -2.28. The second kappa shape index (κ2) is 7.39. The molecule has 0 aliphatic carbocycles. The maximum Gasteiger partial charge on any atom is 0.265 e. The Labute approximate surface area is 159 Å². The first-order chi connectivity index (χ1) is 12.8. The molecule has 0 spiro atoms. The minimum absolute atomic E-state index is 0.111. The molecule has 2 aromatic rings. The Balaban J connectivity index is 1.77. The van der Waals surface area contributed by atoms with Crippen LogP contribution in [0.15, 0.2) is 42.7 Å². The second-order valence-electron chi connectivity index (χ2n) is 7.72. The number of nitrogens with one attached hydrogen (secondary N) is 1. The summed E-state index contributed by atoms with van der Waals surface area (Å²) in [5.74, 6) is 0.730. The number of ether oxygens (including phenoxy) is 1. The normalized spacial score (nSPS) is 15.7. The van der Waals surface area contributed by atoms with Crippen molar-refractivity contribution in [1.82, 2.24) is 4.98 Å². The molecule has 0 fully saturated rings.